The van der Waals surface area contributed by atoms with Gasteiger partial charge >= 0.3 is 0 Å². The van der Waals surface area contributed by atoms with Crippen LogP contribution in [-0.4, -0.2) is 25.7 Å². The van der Waals surface area contributed by atoms with Crippen LogP contribution in [0.1, 0.15) is 35.9 Å². The van der Waals surface area contributed by atoms with Gasteiger partial charge < -0.3 is 10.4 Å². The minimum Gasteiger partial charge on any atom is -0.508 e. The highest BCUT2D eigenvalue weighted by Crippen LogP contribution is 2.45. The van der Waals surface area contributed by atoms with Crippen LogP contribution in [0.4, 0.5) is 10.3 Å². The van der Waals surface area contributed by atoms with Crippen LogP contribution in [0.5, 0.6) is 5.75 Å². The highest BCUT2D eigenvalue weighted by atomic mass is 19.1. The van der Waals surface area contributed by atoms with E-state index in [-0.39, 0.29) is 23.9 Å². The number of hydrogen-bond acceptors (Lipinski definition) is 5. The first-order valence-electron chi connectivity index (χ1n) is 9.08. The number of phenols is 1. The maximum absolute atomic E-state index is 14.6. The van der Waals surface area contributed by atoms with Gasteiger partial charge in [0.15, 0.2) is 5.78 Å². The van der Waals surface area contributed by atoms with Crippen molar-refractivity contribution in [1.82, 2.24) is 14.8 Å². The Morgan fingerprint density at radius 3 is 2.61 bits per heavy atom. The predicted molar refractivity (Wildman–Crippen MR) is 100 cm³/mol. The van der Waals surface area contributed by atoms with Crippen molar-refractivity contribution >= 4 is 11.7 Å². The van der Waals surface area contributed by atoms with Gasteiger partial charge in [-0.05, 0) is 24.1 Å². The van der Waals surface area contributed by atoms with E-state index in [4.69, 9.17) is 0 Å². The topological polar surface area (TPSA) is 80.0 Å². The zero-order valence-corrected chi connectivity index (χ0v) is 14.8. The summed E-state index contributed by atoms with van der Waals surface area (Å²) in [7, 11) is 0. The molecule has 28 heavy (non-hydrogen) atoms. The molecule has 5 rings (SSSR count). The Morgan fingerprint density at radius 2 is 1.82 bits per heavy atom. The van der Waals surface area contributed by atoms with Crippen molar-refractivity contribution in [3.8, 4) is 5.75 Å². The Balaban J connectivity index is 1.63. The maximum atomic E-state index is 14.6. The standard InChI is InChI=1S/C21H17FN4O2/c22-15-7-3-1-6-14(15)20-19-16(25-21-23-11-24-26(20)21)9-12(10-18(19)28)13-5-2-4-8-17(13)27/h1-8,11-12,20,27H,9-10H2,(H,23,24,25)/t12-,20-/m0/s1. The summed E-state index contributed by atoms with van der Waals surface area (Å²) in [5.74, 6) is 0.0112. The zero-order valence-electron chi connectivity index (χ0n) is 14.8. The van der Waals surface area contributed by atoms with E-state index < -0.39 is 11.9 Å². The quantitative estimate of drug-likeness (QED) is 0.715. The van der Waals surface area contributed by atoms with Crippen LogP contribution >= 0.6 is 0 Å². The fraction of sp³-hybridized carbons (Fsp3) is 0.190. The number of rotatable bonds is 2. The molecule has 7 heteroatoms. The molecule has 2 N–H and O–H groups in total. The van der Waals surface area contributed by atoms with Gasteiger partial charge in [0.1, 0.15) is 23.9 Å². The van der Waals surface area contributed by atoms with Gasteiger partial charge in [0, 0.05) is 29.2 Å². The van der Waals surface area contributed by atoms with Crippen molar-refractivity contribution in [3.05, 3.63) is 83.1 Å². The molecule has 0 fully saturated rings. The first-order valence-corrected chi connectivity index (χ1v) is 9.08. The molecule has 2 aromatic carbocycles. The third kappa shape index (κ3) is 2.51. The smallest absolute Gasteiger partial charge is 0.226 e. The highest BCUT2D eigenvalue weighted by Gasteiger charge is 2.40. The first kappa shape index (κ1) is 16.7. The van der Waals surface area contributed by atoms with Crippen LogP contribution in [0.15, 0.2) is 66.1 Å². The number of phenolic OH excluding ortho intramolecular Hbond substituents is 1. The molecule has 0 radical (unpaired) electrons. The summed E-state index contributed by atoms with van der Waals surface area (Å²) in [4.78, 5) is 17.4. The van der Waals surface area contributed by atoms with Gasteiger partial charge in [0.05, 0.1) is 0 Å². The van der Waals surface area contributed by atoms with Crippen LogP contribution < -0.4 is 5.32 Å². The molecular formula is C21H17FN4O2. The molecule has 1 aromatic heterocycles. The van der Waals surface area contributed by atoms with Crippen molar-refractivity contribution in [2.75, 3.05) is 5.32 Å². The summed E-state index contributed by atoms with van der Waals surface area (Å²) in [6, 6.07) is 12.8. The number of fused-ring (bicyclic) bond motifs is 1. The Bertz CT molecular complexity index is 1120. The number of carbonyl (C=O) groups is 1. The molecule has 0 spiro atoms. The van der Waals surface area contributed by atoms with Crippen molar-refractivity contribution in [1.29, 1.82) is 0 Å². The lowest BCUT2D eigenvalue weighted by Crippen LogP contribution is -2.34. The molecule has 0 bridgehead atoms. The molecule has 1 aliphatic carbocycles. The van der Waals surface area contributed by atoms with Crippen molar-refractivity contribution < 1.29 is 14.3 Å². The molecule has 2 heterocycles. The molecule has 0 unspecified atom stereocenters. The SMILES string of the molecule is O=C1C[C@@H](c2ccccc2O)CC2=C1[C@H](c1ccccc1F)n1ncnc1N2. The van der Waals surface area contributed by atoms with E-state index >= 15 is 0 Å². The Kier molecular flexibility index (Phi) is 3.75. The van der Waals surface area contributed by atoms with Gasteiger partial charge in [-0.25, -0.2) is 9.07 Å². The Hall–Kier alpha value is -3.48. The molecular weight excluding hydrogens is 359 g/mol. The molecule has 6 nitrogen and oxygen atoms in total. The number of hydrogen-bond donors (Lipinski definition) is 2. The molecule has 1 aliphatic heterocycles. The van der Waals surface area contributed by atoms with E-state index in [1.807, 2.05) is 12.1 Å². The lowest BCUT2D eigenvalue weighted by Gasteiger charge is -2.35. The van der Waals surface area contributed by atoms with E-state index in [9.17, 15) is 14.3 Å². The zero-order chi connectivity index (χ0) is 19.3. The number of aromatic nitrogens is 3. The average molecular weight is 376 g/mol. The summed E-state index contributed by atoms with van der Waals surface area (Å²) in [6.45, 7) is 0. The molecule has 3 aromatic rings. The van der Waals surface area contributed by atoms with E-state index in [0.29, 0.717) is 29.2 Å². The number of nitrogens with one attached hydrogen (secondary N) is 1. The molecule has 2 atom stereocenters. The normalized spacial score (nSPS) is 21.1. The number of Topliss-reactive ketones (excluding diaryl/α,β-unsaturated/α-hetero) is 1. The number of benzene rings is 2. The minimum atomic E-state index is -0.659. The second-order valence-corrected chi connectivity index (χ2v) is 7.06. The van der Waals surface area contributed by atoms with Gasteiger partial charge in [-0.3, -0.25) is 4.79 Å². The van der Waals surface area contributed by atoms with E-state index in [2.05, 4.69) is 15.4 Å². The Morgan fingerprint density at radius 1 is 1.07 bits per heavy atom. The predicted octanol–water partition coefficient (Wildman–Crippen LogP) is 3.54. The fourth-order valence-electron chi connectivity index (χ4n) is 4.19. The number of ketones is 1. The molecule has 0 saturated heterocycles. The fourth-order valence-corrected chi connectivity index (χ4v) is 4.19. The van der Waals surface area contributed by atoms with Gasteiger partial charge in [0.25, 0.3) is 0 Å². The van der Waals surface area contributed by atoms with Crippen molar-refractivity contribution in [2.45, 2.75) is 24.8 Å². The number of aromatic hydroxyl groups is 1. The van der Waals surface area contributed by atoms with E-state index in [0.717, 1.165) is 5.56 Å². The summed E-state index contributed by atoms with van der Waals surface area (Å²) in [6.07, 6.45) is 2.16. The van der Waals surface area contributed by atoms with Crippen LogP contribution in [0, 0.1) is 5.82 Å². The number of halogens is 1. The monoisotopic (exact) mass is 376 g/mol. The van der Waals surface area contributed by atoms with E-state index in [1.165, 1.54) is 12.4 Å². The van der Waals surface area contributed by atoms with Gasteiger partial charge in [0.2, 0.25) is 5.95 Å². The van der Waals surface area contributed by atoms with Crippen LogP contribution in [0.3, 0.4) is 0 Å². The summed E-state index contributed by atoms with van der Waals surface area (Å²) in [5.41, 5.74) is 2.34. The van der Waals surface area contributed by atoms with Crippen molar-refractivity contribution in [3.63, 3.8) is 0 Å². The molecule has 140 valence electrons. The van der Waals surface area contributed by atoms with Crippen molar-refractivity contribution in [2.24, 2.45) is 0 Å². The summed E-state index contributed by atoms with van der Waals surface area (Å²) in [5, 5.41) is 17.6. The number of para-hydroxylation sites is 1. The molecule has 2 aliphatic rings. The Labute approximate surface area is 160 Å². The number of nitrogens with zero attached hydrogens (tertiary/aromatic N) is 3. The van der Waals surface area contributed by atoms with Gasteiger partial charge in [-0.1, -0.05) is 36.4 Å². The summed E-state index contributed by atoms with van der Waals surface area (Å²) >= 11 is 0. The minimum absolute atomic E-state index is 0.0867. The number of anilines is 1. The van der Waals surface area contributed by atoms with E-state index in [1.54, 1.807) is 35.0 Å². The lowest BCUT2D eigenvalue weighted by molar-refractivity contribution is -0.116. The van der Waals surface area contributed by atoms with Gasteiger partial charge in [-0.2, -0.15) is 10.1 Å². The molecule has 0 saturated carbocycles. The second-order valence-electron chi connectivity index (χ2n) is 7.06. The second kappa shape index (κ2) is 6.30. The molecule has 0 amide bonds. The number of carbonyl (C=O) groups excluding carboxylic acids is 1. The van der Waals surface area contributed by atoms with Crippen LogP contribution in [-0.2, 0) is 4.79 Å². The number of allylic oxidation sites excluding steroid dienone is 2. The summed E-state index contributed by atoms with van der Waals surface area (Å²) < 4.78 is 16.2. The largest absolute Gasteiger partial charge is 0.508 e. The third-order valence-electron chi connectivity index (χ3n) is 5.44. The third-order valence-corrected chi connectivity index (χ3v) is 5.44. The van der Waals surface area contributed by atoms with Crippen LogP contribution in [0.2, 0.25) is 0 Å². The first-order chi connectivity index (χ1) is 13.6. The van der Waals surface area contributed by atoms with Crippen LogP contribution in [0.25, 0.3) is 0 Å². The van der Waals surface area contributed by atoms with Gasteiger partial charge in [-0.15, -0.1) is 0 Å². The highest BCUT2D eigenvalue weighted by molar-refractivity contribution is 6.00. The average Bonchev–Trinajstić information content (AvgIpc) is 3.15. The lowest BCUT2D eigenvalue weighted by atomic mass is 9.77. The maximum Gasteiger partial charge on any atom is 0.226 e.